The summed E-state index contributed by atoms with van der Waals surface area (Å²) in [6, 6.07) is 7.38. The molecule has 1 aromatic carbocycles. The number of nitro groups is 1. The lowest BCUT2D eigenvalue weighted by Gasteiger charge is -2.04. The highest BCUT2D eigenvalue weighted by atomic mass is 35.5. The first kappa shape index (κ1) is 11.3. The van der Waals surface area contributed by atoms with E-state index in [2.05, 4.69) is 9.97 Å². The third-order valence-electron chi connectivity index (χ3n) is 1.89. The molecule has 0 aliphatic carbocycles. The smallest absolute Gasteiger partial charge is 0.311 e. The lowest BCUT2D eigenvalue weighted by molar-refractivity contribution is -0.385. The van der Waals surface area contributed by atoms with E-state index >= 15 is 0 Å². The minimum absolute atomic E-state index is 0.104. The number of aromatic nitrogens is 2. The van der Waals surface area contributed by atoms with Gasteiger partial charge in [-0.2, -0.15) is 0 Å². The van der Waals surface area contributed by atoms with E-state index in [1.54, 1.807) is 12.1 Å². The SMILES string of the molecule is O=[N+]([O-])c1ccccc1Oc1cc(Cl)ncn1. The van der Waals surface area contributed by atoms with Crippen molar-refractivity contribution in [3.8, 4) is 11.6 Å². The highest BCUT2D eigenvalue weighted by molar-refractivity contribution is 6.29. The van der Waals surface area contributed by atoms with Gasteiger partial charge in [-0.1, -0.05) is 23.7 Å². The molecule has 0 bridgehead atoms. The van der Waals surface area contributed by atoms with Crippen molar-refractivity contribution in [2.75, 3.05) is 0 Å². The second kappa shape index (κ2) is 4.75. The Balaban J connectivity index is 2.33. The van der Waals surface area contributed by atoms with Gasteiger partial charge in [-0.25, -0.2) is 9.97 Å². The summed E-state index contributed by atoms with van der Waals surface area (Å²) in [4.78, 5) is 17.7. The van der Waals surface area contributed by atoms with Crippen LogP contribution in [0, 0.1) is 10.1 Å². The minimum Gasteiger partial charge on any atom is -0.432 e. The Bertz CT molecular complexity index is 562. The summed E-state index contributed by atoms with van der Waals surface area (Å²) >= 11 is 5.65. The largest absolute Gasteiger partial charge is 0.432 e. The molecule has 1 heterocycles. The Morgan fingerprint density at radius 3 is 2.76 bits per heavy atom. The number of nitro benzene ring substituents is 1. The van der Waals surface area contributed by atoms with Gasteiger partial charge in [0.25, 0.3) is 0 Å². The van der Waals surface area contributed by atoms with E-state index < -0.39 is 4.92 Å². The second-order valence-corrected chi connectivity index (χ2v) is 3.39. The number of halogens is 1. The maximum absolute atomic E-state index is 10.7. The average Bonchev–Trinajstić information content (AvgIpc) is 2.29. The third kappa shape index (κ3) is 2.67. The lowest BCUT2D eigenvalue weighted by Crippen LogP contribution is -1.94. The zero-order valence-corrected chi connectivity index (χ0v) is 9.16. The highest BCUT2D eigenvalue weighted by Crippen LogP contribution is 2.30. The van der Waals surface area contributed by atoms with Gasteiger partial charge in [0.2, 0.25) is 11.6 Å². The van der Waals surface area contributed by atoms with E-state index in [1.165, 1.54) is 24.5 Å². The fourth-order valence-corrected chi connectivity index (χ4v) is 1.32. The highest BCUT2D eigenvalue weighted by Gasteiger charge is 2.14. The van der Waals surface area contributed by atoms with E-state index in [4.69, 9.17) is 16.3 Å². The molecule has 1 aromatic heterocycles. The van der Waals surface area contributed by atoms with Crippen molar-refractivity contribution in [2.45, 2.75) is 0 Å². The lowest BCUT2D eigenvalue weighted by atomic mass is 10.3. The van der Waals surface area contributed by atoms with Crippen LogP contribution in [0.1, 0.15) is 0 Å². The molecule has 17 heavy (non-hydrogen) atoms. The monoisotopic (exact) mass is 251 g/mol. The van der Waals surface area contributed by atoms with Crippen LogP contribution in [-0.2, 0) is 0 Å². The molecule has 0 spiro atoms. The topological polar surface area (TPSA) is 78.2 Å². The van der Waals surface area contributed by atoms with Crippen molar-refractivity contribution < 1.29 is 9.66 Å². The Kier molecular flexibility index (Phi) is 3.15. The van der Waals surface area contributed by atoms with Crippen LogP contribution in [0.15, 0.2) is 36.7 Å². The zero-order valence-electron chi connectivity index (χ0n) is 8.41. The van der Waals surface area contributed by atoms with Gasteiger partial charge in [-0.15, -0.1) is 0 Å². The quantitative estimate of drug-likeness (QED) is 0.476. The Morgan fingerprint density at radius 2 is 2.06 bits per heavy atom. The summed E-state index contributed by atoms with van der Waals surface area (Å²) in [6.07, 6.45) is 1.21. The Hall–Kier alpha value is -2.21. The van der Waals surface area contributed by atoms with Gasteiger partial charge in [-0.3, -0.25) is 10.1 Å². The molecular weight excluding hydrogens is 246 g/mol. The molecule has 7 heteroatoms. The number of nitrogens with zero attached hydrogens (tertiary/aromatic N) is 3. The first-order chi connectivity index (χ1) is 8.16. The van der Waals surface area contributed by atoms with E-state index in [0.717, 1.165) is 0 Å². The van der Waals surface area contributed by atoms with Gasteiger partial charge in [0.05, 0.1) is 4.92 Å². The number of ether oxygens (including phenoxy) is 1. The maximum atomic E-state index is 10.7. The fraction of sp³-hybridized carbons (Fsp3) is 0. The summed E-state index contributed by atoms with van der Waals surface area (Å²) < 4.78 is 5.27. The maximum Gasteiger partial charge on any atom is 0.311 e. The van der Waals surface area contributed by atoms with Crippen LogP contribution >= 0.6 is 11.6 Å². The molecule has 0 aliphatic heterocycles. The third-order valence-corrected chi connectivity index (χ3v) is 2.09. The molecule has 0 amide bonds. The normalized spacial score (nSPS) is 9.94. The Morgan fingerprint density at radius 1 is 1.29 bits per heavy atom. The van der Waals surface area contributed by atoms with Crippen molar-refractivity contribution in [1.29, 1.82) is 0 Å². The van der Waals surface area contributed by atoms with Crippen molar-refractivity contribution in [2.24, 2.45) is 0 Å². The van der Waals surface area contributed by atoms with Crippen LogP contribution < -0.4 is 4.74 Å². The molecule has 0 N–H and O–H groups in total. The molecule has 0 saturated carbocycles. The van der Waals surface area contributed by atoms with E-state index in [9.17, 15) is 10.1 Å². The molecule has 0 atom stereocenters. The molecule has 2 aromatic rings. The summed E-state index contributed by atoms with van der Waals surface area (Å²) in [5, 5.41) is 10.9. The average molecular weight is 252 g/mol. The standard InChI is InChI=1S/C10H6ClN3O3/c11-9-5-10(13-6-12-9)17-8-4-2-1-3-7(8)14(15)16/h1-6H. The van der Waals surface area contributed by atoms with Crippen LogP contribution in [0.3, 0.4) is 0 Å². The predicted molar refractivity (Wildman–Crippen MR) is 60.2 cm³/mol. The van der Waals surface area contributed by atoms with E-state index in [1.807, 2.05) is 0 Å². The Labute approximate surface area is 101 Å². The molecule has 0 unspecified atom stereocenters. The van der Waals surface area contributed by atoms with Gasteiger partial charge in [-0.05, 0) is 6.07 Å². The number of rotatable bonds is 3. The van der Waals surface area contributed by atoms with E-state index in [0.29, 0.717) is 0 Å². The van der Waals surface area contributed by atoms with Crippen molar-refractivity contribution in [3.05, 3.63) is 51.9 Å². The number of benzene rings is 1. The van der Waals surface area contributed by atoms with Crippen molar-refractivity contribution >= 4 is 17.3 Å². The van der Waals surface area contributed by atoms with Crippen LogP contribution in [0.2, 0.25) is 5.15 Å². The van der Waals surface area contributed by atoms with Crippen LogP contribution in [0.25, 0.3) is 0 Å². The molecule has 0 radical (unpaired) electrons. The summed E-state index contributed by atoms with van der Waals surface area (Å²) in [5.74, 6) is 0.256. The summed E-state index contributed by atoms with van der Waals surface area (Å²) in [6.45, 7) is 0. The van der Waals surface area contributed by atoms with Crippen molar-refractivity contribution in [3.63, 3.8) is 0 Å². The van der Waals surface area contributed by atoms with Gasteiger partial charge in [0.1, 0.15) is 11.5 Å². The van der Waals surface area contributed by atoms with Crippen LogP contribution in [-0.4, -0.2) is 14.9 Å². The predicted octanol–water partition coefficient (Wildman–Crippen LogP) is 2.83. The first-order valence-corrected chi connectivity index (χ1v) is 4.93. The molecule has 6 nitrogen and oxygen atoms in total. The van der Waals surface area contributed by atoms with Gasteiger partial charge < -0.3 is 4.74 Å². The van der Waals surface area contributed by atoms with Crippen molar-refractivity contribution in [1.82, 2.24) is 9.97 Å². The zero-order chi connectivity index (χ0) is 12.3. The summed E-state index contributed by atoms with van der Waals surface area (Å²) in [7, 11) is 0. The molecule has 0 aliphatic rings. The number of para-hydroxylation sites is 2. The van der Waals surface area contributed by atoms with Crippen LogP contribution in [0.4, 0.5) is 5.69 Å². The van der Waals surface area contributed by atoms with Gasteiger partial charge in [0, 0.05) is 12.1 Å². The van der Waals surface area contributed by atoms with Gasteiger partial charge >= 0.3 is 5.69 Å². The molecule has 2 rings (SSSR count). The van der Waals surface area contributed by atoms with Gasteiger partial charge in [0.15, 0.2) is 0 Å². The van der Waals surface area contributed by atoms with Crippen LogP contribution in [0.5, 0.6) is 11.6 Å². The molecule has 0 saturated heterocycles. The molecule has 86 valence electrons. The number of hydrogen-bond donors (Lipinski definition) is 0. The number of hydrogen-bond acceptors (Lipinski definition) is 5. The first-order valence-electron chi connectivity index (χ1n) is 4.55. The summed E-state index contributed by atoms with van der Waals surface area (Å²) in [5.41, 5.74) is -0.137. The van der Waals surface area contributed by atoms with E-state index in [-0.39, 0.29) is 22.5 Å². The minimum atomic E-state index is -0.530. The molecule has 0 fully saturated rings. The second-order valence-electron chi connectivity index (χ2n) is 3.01. The fourth-order valence-electron chi connectivity index (χ4n) is 1.18. The molecular formula is C10H6ClN3O3.